The molecule has 0 spiro atoms. The van der Waals surface area contributed by atoms with E-state index in [0.717, 1.165) is 12.0 Å². The van der Waals surface area contributed by atoms with Crippen LogP contribution in [-0.4, -0.2) is 73.0 Å². The maximum atomic E-state index is 13.2. The molecule has 1 aliphatic heterocycles. The molecule has 3 rings (SSSR count). The van der Waals surface area contributed by atoms with Crippen LogP contribution in [-0.2, 0) is 28.4 Å². The number of nitrogens with zero attached hydrogens (tertiary/aromatic N) is 3. The molecule has 0 radical (unpaired) electrons. The first-order valence-corrected chi connectivity index (χ1v) is 11.9. The minimum atomic E-state index is -4.19. The van der Waals surface area contributed by atoms with Crippen molar-refractivity contribution in [2.24, 2.45) is 13.0 Å². The van der Waals surface area contributed by atoms with Gasteiger partial charge in [-0.15, -0.1) is 0 Å². The van der Waals surface area contributed by atoms with E-state index in [2.05, 4.69) is 29.0 Å². The van der Waals surface area contributed by atoms with Crippen LogP contribution in [0.3, 0.4) is 0 Å². The SMILES string of the molecule is CC(C)Cc1cc(Cl)cc(NC(=O)NS(=O)(=O)N(c2cnn(C)c2)C2CCOCC2)c1.[NaH]. The minimum absolute atomic E-state index is 0. The molecule has 0 saturated carbocycles. The van der Waals surface area contributed by atoms with Crippen molar-refractivity contribution >= 4 is 68.8 Å². The van der Waals surface area contributed by atoms with Crippen LogP contribution in [0.25, 0.3) is 0 Å². The summed E-state index contributed by atoms with van der Waals surface area (Å²) in [5.74, 6) is 0.410. The van der Waals surface area contributed by atoms with E-state index in [4.69, 9.17) is 16.3 Å². The van der Waals surface area contributed by atoms with E-state index < -0.39 is 16.2 Å². The van der Waals surface area contributed by atoms with E-state index >= 15 is 0 Å². The molecule has 9 nitrogen and oxygen atoms in total. The van der Waals surface area contributed by atoms with Gasteiger partial charge in [0.15, 0.2) is 0 Å². The van der Waals surface area contributed by atoms with Crippen LogP contribution in [0.15, 0.2) is 30.6 Å². The molecule has 0 unspecified atom stereocenters. The van der Waals surface area contributed by atoms with Gasteiger partial charge in [0.25, 0.3) is 0 Å². The van der Waals surface area contributed by atoms with Crippen molar-refractivity contribution in [3.63, 3.8) is 0 Å². The van der Waals surface area contributed by atoms with Gasteiger partial charge in [0.05, 0.1) is 17.9 Å². The quantitative estimate of drug-likeness (QED) is 0.577. The third-order valence-electron chi connectivity index (χ3n) is 4.81. The Labute approximate surface area is 216 Å². The van der Waals surface area contributed by atoms with Crippen LogP contribution in [0.5, 0.6) is 0 Å². The molecule has 0 aliphatic carbocycles. The van der Waals surface area contributed by atoms with Crippen molar-refractivity contribution in [3.8, 4) is 0 Å². The van der Waals surface area contributed by atoms with E-state index in [9.17, 15) is 13.2 Å². The fourth-order valence-electron chi connectivity index (χ4n) is 3.62. The molecule has 12 heteroatoms. The summed E-state index contributed by atoms with van der Waals surface area (Å²) in [5.41, 5.74) is 1.77. The van der Waals surface area contributed by atoms with E-state index in [1.165, 1.54) is 15.2 Å². The standard InChI is InChI=1S/C20H28ClN5O4S.Na.H/c1-14(2)8-15-9-16(21)11-17(10-15)23-20(27)24-31(28,29)26(18-4-6-30-7-5-18)19-12-22-25(3)13-19;;/h9-14,18H,4-8H2,1-3H3,(H2,23,24,27);;. The molecule has 2 amide bonds. The van der Waals surface area contributed by atoms with Gasteiger partial charge in [-0.25, -0.2) is 13.8 Å². The van der Waals surface area contributed by atoms with Crippen LogP contribution in [0.1, 0.15) is 32.3 Å². The molecule has 32 heavy (non-hydrogen) atoms. The fourth-order valence-corrected chi connectivity index (χ4v) is 5.24. The summed E-state index contributed by atoms with van der Waals surface area (Å²) in [6.45, 7) is 5.06. The normalized spacial score (nSPS) is 14.7. The Bertz CT molecular complexity index is 1020. The molecule has 1 fully saturated rings. The summed E-state index contributed by atoms with van der Waals surface area (Å²) in [5, 5.41) is 7.12. The first kappa shape index (κ1) is 26.9. The van der Waals surface area contributed by atoms with Crippen LogP contribution >= 0.6 is 11.6 Å². The van der Waals surface area contributed by atoms with Crippen molar-refractivity contribution in [2.45, 2.75) is 39.2 Å². The topological polar surface area (TPSA) is 106 Å². The third kappa shape index (κ3) is 7.36. The number of carbonyl (C=O) groups excluding carboxylic acids is 1. The van der Waals surface area contributed by atoms with Gasteiger partial charge in [0, 0.05) is 37.2 Å². The predicted molar refractivity (Wildman–Crippen MR) is 128 cm³/mol. The number of ether oxygens (including phenoxy) is 1. The van der Waals surface area contributed by atoms with Crippen molar-refractivity contribution in [1.82, 2.24) is 14.5 Å². The number of benzene rings is 1. The zero-order valence-electron chi connectivity index (χ0n) is 17.8. The first-order chi connectivity index (χ1) is 14.6. The number of aryl methyl sites for hydroxylation is 1. The molecule has 0 bridgehead atoms. The Morgan fingerprint density at radius 3 is 2.59 bits per heavy atom. The summed E-state index contributed by atoms with van der Waals surface area (Å²) in [7, 11) is -2.49. The van der Waals surface area contributed by atoms with Gasteiger partial charge in [-0.05, 0) is 48.9 Å². The van der Waals surface area contributed by atoms with Gasteiger partial charge in [-0.2, -0.15) is 13.5 Å². The summed E-state index contributed by atoms with van der Waals surface area (Å²) in [6, 6.07) is 3.99. The van der Waals surface area contributed by atoms with Crippen LogP contribution in [0.2, 0.25) is 5.02 Å². The summed E-state index contributed by atoms with van der Waals surface area (Å²) in [4.78, 5) is 12.6. The monoisotopic (exact) mass is 493 g/mol. The number of anilines is 2. The van der Waals surface area contributed by atoms with Gasteiger partial charge in [-0.1, -0.05) is 25.4 Å². The second-order valence-electron chi connectivity index (χ2n) is 8.02. The van der Waals surface area contributed by atoms with Gasteiger partial charge in [0.1, 0.15) is 0 Å². The number of halogens is 1. The molecule has 2 N–H and O–H groups in total. The molecule has 1 saturated heterocycles. The Morgan fingerprint density at radius 1 is 1.31 bits per heavy atom. The average Bonchev–Trinajstić information content (AvgIpc) is 3.06. The third-order valence-corrected chi connectivity index (χ3v) is 6.50. The molecule has 0 atom stereocenters. The number of rotatable bonds is 7. The molecule has 1 aliphatic rings. The number of hydrogen-bond acceptors (Lipinski definition) is 5. The second kappa shape index (κ2) is 11.7. The van der Waals surface area contributed by atoms with E-state index in [1.54, 1.807) is 25.4 Å². The molecule has 172 valence electrons. The molecular weight excluding hydrogens is 465 g/mol. The molecule has 1 aromatic heterocycles. The van der Waals surface area contributed by atoms with Crippen LogP contribution in [0, 0.1) is 5.92 Å². The average molecular weight is 494 g/mol. The number of aromatic nitrogens is 2. The number of urea groups is 1. The number of hydrogen-bond donors (Lipinski definition) is 2. The van der Waals surface area contributed by atoms with Crippen molar-refractivity contribution in [2.75, 3.05) is 22.8 Å². The summed E-state index contributed by atoms with van der Waals surface area (Å²) < 4.78 is 36.5. The number of carbonyl (C=O) groups is 1. The van der Waals surface area contributed by atoms with E-state index in [-0.39, 0.29) is 35.6 Å². The van der Waals surface area contributed by atoms with Gasteiger partial charge >= 0.3 is 45.8 Å². The number of nitrogens with one attached hydrogen (secondary N) is 2. The Kier molecular flexibility index (Phi) is 9.86. The molecule has 2 heterocycles. The van der Waals surface area contributed by atoms with Gasteiger partial charge in [0.2, 0.25) is 0 Å². The second-order valence-corrected chi connectivity index (χ2v) is 10.0. The van der Waals surface area contributed by atoms with E-state index in [1.807, 2.05) is 6.07 Å². The van der Waals surface area contributed by atoms with E-state index in [0.29, 0.717) is 48.4 Å². The van der Waals surface area contributed by atoms with Gasteiger partial charge < -0.3 is 10.1 Å². The van der Waals surface area contributed by atoms with Crippen LogP contribution in [0.4, 0.5) is 16.2 Å². The summed E-state index contributed by atoms with van der Waals surface area (Å²) >= 11 is 6.17. The van der Waals surface area contributed by atoms with Gasteiger partial charge in [-0.3, -0.25) is 4.68 Å². The maximum absolute atomic E-state index is 13.2. The number of amides is 2. The molecule has 2 aromatic rings. The van der Waals surface area contributed by atoms with Crippen LogP contribution < -0.4 is 14.3 Å². The Balaban J connectivity index is 0.00000363. The Hall–Kier alpha value is -1.30. The zero-order valence-corrected chi connectivity index (χ0v) is 19.4. The van der Waals surface area contributed by atoms with Crippen molar-refractivity contribution in [1.29, 1.82) is 0 Å². The molecular formula is C20H29ClN5NaO4S. The van der Waals surface area contributed by atoms with Crippen molar-refractivity contribution in [3.05, 3.63) is 41.2 Å². The zero-order chi connectivity index (χ0) is 22.6. The fraction of sp³-hybridized carbons (Fsp3) is 0.500. The Morgan fingerprint density at radius 2 is 2.00 bits per heavy atom. The first-order valence-electron chi connectivity index (χ1n) is 10.1. The predicted octanol–water partition coefficient (Wildman–Crippen LogP) is 2.68. The molecule has 1 aromatic carbocycles. The summed E-state index contributed by atoms with van der Waals surface area (Å²) in [6.07, 6.45) is 4.88. The van der Waals surface area contributed by atoms with Crippen molar-refractivity contribution < 1.29 is 17.9 Å².